The highest BCUT2D eigenvalue weighted by Crippen LogP contribution is 2.37. The summed E-state index contributed by atoms with van der Waals surface area (Å²) in [5.74, 6) is -0.0794. The van der Waals surface area contributed by atoms with Gasteiger partial charge >= 0.3 is 0 Å². The Balaban J connectivity index is 1.73. The zero-order valence-electron chi connectivity index (χ0n) is 13.6. The van der Waals surface area contributed by atoms with E-state index in [4.69, 9.17) is 10.7 Å². The molecule has 1 aliphatic heterocycles. The average Bonchev–Trinajstić information content (AvgIpc) is 3.10. The summed E-state index contributed by atoms with van der Waals surface area (Å²) in [5, 5.41) is 5.04. The summed E-state index contributed by atoms with van der Waals surface area (Å²) < 4.78 is 1.76. The molecule has 1 aliphatic carbocycles. The largest absolute Gasteiger partial charge is 0.397 e. The van der Waals surface area contributed by atoms with Crippen LogP contribution >= 0.6 is 0 Å². The minimum absolute atomic E-state index is 0.0794. The van der Waals surface area contributed by atoms with Crippen LogP contribution in [-0.4, -0.2) is 25.6 Å². The third kappa shape index (κ3) is 1.88. The molecular weight excluding hydrogens is 314 g/mol. The molecule has 0 saturated carbocycles. The second-order valence-corrected chi connectivity index (χ2v) is 6.29. The first-order chi connectivity index (χ1) is 12.1. The number of nitrogens with two attached hydrogens (primary N) is 1. The number of hydrogen-bond donors (Lipinski definition) is 1. The van der Waals surface area contributed by atoms with Gasteiger partial charge in [-0.1, -0.05) is 24.3 Å². The molecule has 1 aromatic carbocycles. The molecule has 0 atom stereocenters. The van der Waals surface area contributed by atoms with Crippen molar-refractivity contribution in [2.24, 2.45) is 7.05 Å². The van der Waals surface area contributed by atoms with Crippen molar-refractivity contribution in [2.45, 2.75) is 6.54 Å². The third-order valence-corrected chi connectivity index (χ3v) is 4.76. The van der Waals surface area contributed by atoms with Gasteiger partial charge in [0.1, 0.15) is 0 Å². The Bertz CT molecular complexity index is 1120. The molecule has 122 valence electrons. The Hall–Kier alpha value is -3.41. The van der Waals surface area contributed by atoms with E-state index < -0.39 is 0 Å². The summed E-state index contributed by atoms with van der Waals surface area (Å²) in [6, 6.07) is 5.85. The number of aryl methyl sites for hydroxylation is 1. The zero-order valence-corrected chi connectivity index (χ0v) is 13.6. The fourth-order valence-corrected chi connectivity index (χ4v) is 3.44. The van der Waals surface area contributed by atoms with Crippen LogP contribution in [0.2, 0.25) is 0 Å². The van der Waals surface area contributed by atoms with Crippen molar-refractivity contribution >= 4 is 22.5 Å². The number of nitrogens with zero attached hydrogens (tertiary/aromatic N) is 4. The first kappa shape index (κ1) is 14.0. The molecule has 3 aromatic rings. The first-order valence-electron chi connectivity index (χ1n) is 8.04. The van der Waals surface area contributed by atoms with Gasteiger partial charge in [-0.3, -0.25) is 9.48 Å². The van der Waals surface area contributed by atoms with Crippen molar-refractivity contribution in [3.8, 4) is 11.1 Å². The molecule has 2 aromatic heterocycles. The number of carbonyl (C=O) groups is 1. The number of pyridine rings is 1. The lowest BCUT2D eigenvalue weighted by atomic mass is 10.0. The van der Waals surface area contributed by atoms with Crippen LogP contribution in [0, 0.1) is 0 Å². The van der Waals surface area contributed by atoms with E-state index in [-0.39, 0.29) is 5.91 Å². The van der Waals surface area contributed by atoms with Crippen molar-refractivity contribution in [2.75, 3.05) is 5.73 Å². The fraction of sp³-hybridized carbons (Fsp3) is 0.105. The van der Waals surface area contributed by atoms with Crippen LogP contribution in [0.15, 0.2) is 54.5 Å². The average molecular weight is 329 g/mol. The van der Waals surface area contributed by atoms with Crippen molar-refractivity contribution in [3.05, 3.63) is 65.8 Å². The molecule has 3 heterocycles. The second-order valence-electron chi connectivity index (χ2n) is 6.29. The van der Waals surface area contributed by atoms with Gasteiger partial charge in [0.15, 0.2) is 0 Å². The Morgan fingerprint density at radius 1 is 1.28 bits per heavy atom. The van der Waals surface area contributed by atoms with Crippen molar-refractivity contribution < 1.29 is 4.79 Å². The lowest BCUT2D eigenvalue weighted by Crippen LogP contribution is -2.24. The van der Waals surface area contributed by atoms with Crippen LogP contribution in [0.3, 0.4) is 0 Å². The van der Waals surface area contributed by atoms with Crippen LogP contribution in [0.25, 0.3) is 22.0 Å². The van der Waals surface area contributed by atoms with Gasteiger partial charge in [-0.25, -0.2) is 4.98 Å². The number of allylic oxidation sites excluding steroid dienone is 3. The van der Waals surface area contributed by atoms with E-state index in [1.807, 2.05) is 49.7 Å². The predicted molar refractivity (Wildman–Crippen MR) is 95.5 cm³/mol. The maximum Gasteiger partial charge on any atom is 0.262 e. The minimum atomic E-state index is -0.0794. The fourth-order valence-electron chi connectivity index (χ4n) is 3.44. The summed E-state index contributed by atoms with van der Waals surface area (Å²) >= 11 is 0. The SMILES string of the molecule is Cn1cc(-c2cccc3c(N)c4c(nc23)CN(C2=CC=C2)C4=O)cn1. The van der Waals surface area contributed by atoms with E-state index in [1.165, 1.54) is 0 Å². The molecule has 2 N–H and O–H groups in total. The van der Waals surface area contributed by atoms with E-state index in [1.54, 1.807) is 15.8 Å². The lowest BCUT2D eigenvalue weighted by Gasteiger charge is -2.19. The van der Waals surface area contributed by atoms with Crippen LogP contribution in [0.4, 0.5) is 5.69 Å². The van der Waals surface area contributed by atoms with Crippen molar-refractivity contribution in [1.82, 2.24) is 19.7 Å². The normalized spacial score (nSPS) is 15.5. The molecule has 2 aliphatic rings. The van der Waals surface area contributed by atoms with Crippen molar-refractivity contribution in [3.63, 3.8) is 0 Å². The number of amides is 1. The van der Waals surface area contributed by atoms with E-state index in [2.05, 4.69) is 5.10 Å². The number of anilines is 1. The molecule has 6 nitrogen and oxygen atoms in total. The van der Waals surface area contributed by atoms with Crippen LogP contribution in [0.5, 0.6) is 0 Å². The zero-order chi connectivity index (χ0) is 17.1. The van der Waals surface area contributed by atoms with E-state index in [9.17, 15) is 4.79 Å². The van der Waals surface area contributed by atoms with Gasteiger partial charge in [0.2, 0.25) is 0 Å². The van der Waals surface area contributed by atoms with Gasteiger partial charge in [0.25, 0.3) is 5.91 Å². The number of rotatable bonds is 2. The van der Waals surface area contributed by atoms with E-state index in [0.717, 1.165) is 33.4 Å². The lowest BCUT2D eigenvalue weighted by molar-refractivity contribution is 0.0831. The highest BCUT2D eigenvalue weighted by Gasteiger charge is 2.34. The third-order valence-electron chi connectivity index (χ3n) is 4.76. The summed E-state index contributed by atoms with van der Waals surface area (Å²) in [7, 11) is 1.88. The van der Waals surface area contributed by atoms with Gasteiger partial charge in [-0.15, -0.1) is 0 Å². The Morgan fingerprint density at radius 3 is 2.80 bits per heavy atom. The van der Waals surface area contributed by atoms with E-state index >= 15 is 0 Å². The van der Waals surface area contributed by atoms with Gasteiger partial charge in [-0.05, 0) is 12.2 Å². The minimum Gasteiger partial charge on any atom is -0.397 e. The molecule has 5 rings (SSSR count). The van der Waals surface area contributed by atoms with Crippen molar-refractivity contribution in [1.29, 1.82) is 0 Å². The van der Waals surface area contributed by atoms with Gasteiger partial charge in [0, 0.05) is 35.5 Å². The number of hydrogen-bond acceptors (Lipinski definition) is 4. The predicted octanol–water partition coefficient (Wildman–Crippen LogP) is 2.63. The van der Waals surface area contributed by atoms with Crippen LogP contribution in [0.1, 0.15) is 16.1 Å². The highest BCUT2D eigenvalue weighted by molar-refractivity contribution is 6.12. The molecule has 25 heavy (non-hydrogen) atoms. The number of benzene rings is 1. The number of carbonyl (C=O) groups excluding carboxylic acids is 1. The molecule has 0 fully saturated rings. The molecule has 0 spiro atoms. The molecule has 1 amide bonds. The summed E-state index contributed by atoms with van der Waals surface area (Å²) in [6.45, 7) is 0.450. The van der Waals surface area contributed by atoms with Gasteiger partial charge < -0.3 is 10.6 Å². The standard InChI is InChI=1S/C19H15N5O/c1-23-9-11(8-21-23)13-6-3-7-14-17(20)16-15(22-18(13)14)10-24(19(16)25)12-4-2-5-12/h2-9H,10H2,1H3,(H2,20,22). The summed E-state index contributed by atoms with van der Waals surface area (Å²) in [4.78, 5) is 19.3. The Morgan fingerprint density at radius 2 is 2.12 bits per heavy atom. The summed E-state index contributed by atoms with van der Waals surface area (Å²) in [6.07, 6.45) is 9.50. The molecule has 0 radical (unpaired) electrons. The number of aromatic nitrogens is 3. The number of para-hydroxylation sites is 1. The topological polar surface area (TPSA) is 77.0 Å². The Labute approximate surface area is 143 Å². The van der Waals surface area contributed by atoms with Gasteiger partial charge in [0.05, 0.1) is 35.2 Å². The monoisotopic (exact) mass is 329 g/mol. The Kier molecular flexibility index (Phi) is 2.68. The molecule has 0 saturated heterocycles. The number of fused-ring (bicyclic) bond motifs is 2. The smallest absolute Gasteiger partial charge is 0.262 e. The van der Waals surface area contributed by atoms with Crippen LogP contribution < -0.4 is 5.73 Å². The molecule has 0 bridgehead atoms. The van der Waals surface area contributed by atoms with Gasteiger partial charge in [-0.2, -0.15) is 5.10 Å². The molecule has 6 heteroatoms. The molecular formula is C19H15N5O. The highest BCUT2D eigenvalue weighted by atomic mass is 16.2. The first-order valence-corrected chi connectivity index (χ1v) is 8.04. The van der Waals surface area contributed by atoms with Crippen LogP contribution in [-0.2, 0) is 13.6 Å². The van der Waals surface area contributed by atoms with E-state index in [0.29, 0.717) is 17.8 Å². The summed E-state index contributed by atoms with van der Waals surface area (Å²) in [5.41, 5.74) is 11.8. The maximum atomic E-state index is 12.8. The molecule has 0 unspecified atom stereocenters. The number of nitrogen functional groups attached to an aromatic ring is 1. The quantitative estimate of drug-likeness (QED) is 0.784. The maximum absolute atomic E-state index is 12.8. The second kappa shape index (κ2) is 4.80.